The number of aromatic nitrogens is 2. The van der Waals surface area contributed by atoms with E-state index in [1.165, 1.54) is 52.3 Å². The Kier molecular flexibility index (Phi) is 8.92. The van der Waals surface area contributed by atoms with Gasteiger partial charge in [0.25, 0.3) is 17.9 Å². The Labute approximate surface area is 258 Å². The summed E-state index contributed by atoms with van der Waals surface area (Å²) in [5, 5.41) is 25.7. The molecule has 0 radical (unpaired) electrons. The molecule has 17 heteroatoms. The lowest BCUT2D eigenvalue weighted by molar-refractivity contribution is -0.717. The van der Waals surface area contributed by atoms with Crippen LogP contribution >= 0.6 is 23.1 Å². The molecule has 1 saturated heterocycles. The van der Waals surface area contributed by atoms with E-state index in [0.29, 0.717) is 34.7 Å². The molecule has 5 rings (SSSR count). The molecule has 1 fully saturated rings. The van der Waals surface area contributed by atoms with Crippen molar-refractivity contribution in [3.8, 4) is 0 Å². The molecule has 2 amide bonds. The molecule has 0 aliphatic carbocycles. The zero-order valence-electron chi connectivity index (χ0n) is 23.7. The molecule has 230 valence electrons. The number of β-lactam (4-membered cyclic amide) rings is 1. The number of thiazole rings is 1. The van der Waals surface area contributed by atoms with Crippen molar-refractivity contribution >= 4 is 57.0 Å². The first-order chi connectivity index (χ1) is 21.0. The zero-order chi connectivity index (χ0) is 31.7. The number of ether oxygens (including phenoxy) is 1. The third-order valence-electron chi connectivity index (χ3n) is 7.58. The fourth-order valence-electron chi connectivity index (χ4n) is 5.65. The summed E-state index contributed by atoms with van der Waals surface area (Å²) in [6.45, 7) is 3.58. The van der Waals surface area contributed by atoms with Crippen LogP contribution in [-0.4, -0.2) is 61.6 Å². The van der Waals surface area contributed by atoms with Crippen molar-refractivity contribution in [1.82, 2.24) is 9.30 Å². The van der Waals surface area contributed by atoms with Gasteiger partial charge in [-0.15, -0.1) is 0 Å². The monoisotopic (exact) mass is 641 g/mol. The normalized spacial score (nSPS) is 19.8. The highest BCUT2D eigenvalue weighted by Gasteiger charge is 2.60. The first-order valence-corrected chi connectivity index (χ1v) is 15.5. The van der Waals surface area contributed by atoms with Crippen molar-refractivity contribution in [3.05, 3.63) is 73.5 Å². The van der Waals surface area contributed by atoms with Crippen LogP contribution in [0.2, 0.25) is 0 Å². The Bertz CT molecular complexity index is 1730. The van der Waals surface area contributed by atoms with Crippen LogP contribution in [0.4, 0.5) is 5.69 Å². The molecule has 15 nitrogen and oxygen atoms in total. The van der Waals surface area contributed by atoms with E-state index in [0.717, 1.165) is 9.86 Å². The van der Waals surface area contributed by atoms with Gasteiger partial charge in [-0.1, -0.05) is 35.1 Å². The number of thioether (sulfide) groups is 1. The fraction of sp³-hybridized carbons (Fsp3) is 0.407. The smallest absolute Gasteiger partial charge is 0.355 e. The highest BCUT2D eigenvalue weighted by molar-refractivity contribution is 7.99. The first-order valence-electron chi connectivity index (χ1n) is 13.7. The second kappa shape index (κ2) is 12.7. The van der Waals surface area contributed by atoms with Crippen molar-refractivity contribution in [2.45, 2.75) is 50.6 Å². The Morgan fingerprint density at radius 2 is 2.09 bits per heavy atom. The van der Waals surface area contributed by atoms with E-state index < -0.39 is 34.9 Å². The summed E-state index contributed by atoms with van der Waals surface area (Å²) < 4.78 is 9.19. The number of hydrogen-bond acceptors (Lipinski definition) is 10. The first kappa shape index (κ1) is 31.0. The number of non-ortho nitro benzene ring substituents is 1. The molecule has 44 heavy (non-hydrogen) atoms. The fourth-order valence-corrected chi connectivity index (χ4v) is 8.10. The van der Waals surface area contributed by atoms with Crippen LogP contribution in [0.3, 0.4) is 0 Å². The number of hydrogen-bond donors (Lipinski definition) is 2. The molecule has 0 spiro atoms. The summed E-state index contributed by atoms with van der Waals surface area (Å²) in [6, 6.07) is 5.19. The van der Waals surface area contributed by atoms with E-state index >= 15 is 0 Å². The quantitative estimate of drug-likeness (QED) is 0.0270. The number of rotatable bonds is 13. The lowest BCUT2D eigenvalue weighted by atomic mass is 9.77. The van der Waals surface area contributed by atoms with Crippen LogP contribution < -0.4 is 10.3 Å². The Balaban J connectivity index is 1.50. The number of fused-ring (bicyclic) bond motifs is 2. The van der Waals surface area contributed by atoms with Gasteiger partial charge in [0.2, 0.25) is 15.8 Å². The van der Waals surface area contributed by atoms with Crippen LogP contribution in [0.5, 0.6) is 0 Å². The predicted molar refractivity (Wildman–Crippen MR) is 159 cm³/mol. The van der Waals surface area contributed by atoms with Gasteiger partial charge >= 0.3 is 5.97 Å². The number of esters is 1. The minimum Gasteiger partial charge on any atom is -0.456 e. The molecule has 4 atom stereocenters. The number of aliphatic hydroxyl groups excluding tert-OH is 1. The largest absolute Gasteiger partial charge is 0.456 e. The average molecular weight is 642 g/mol. The number of primary amides is 1. The van der Waals surface area contributed by atoms with E-state index in [4.69, 9.17) is 16.0 Å². The van der Waals surface area contributed by atoms with Crippen molar-refractivity contribution in [2.24, 2.45) is 22.7 Å². The molecule has 0 saturated carbocycles. The summed E-state index contributed by atoms with van der Waals surface area (Å²) in [4.78, 5) is 54.7. The number of aliphatic hydroxyl groups is 1. The summed E-state index contributed by atoms with van der Waals surface area (Å²) in [5.41, 5.74) is 15.2. The van der Waals surface area contributed by atoms with Crippen molar-refractivity contribution in [1.29, 1.82) is 0 Å². The van der Waals surface area contributed by atoms with E-state index in [2.05, 4.69) is 10.0 Å². The standard InChI is InChI=1S/C27H28N8O7S2/c1-14-20(18-10-32-13-33(11-19(28)37)25(26(32)44-18)43-9-3-8-30-31-29)23(34-22(14)21(15(2)36)24(34)38)27(39)42-12-16-4-6-17(7-5-16)35(40)41/h4-7,10,13-15,21-22,36H,3,8-9,11-12H2,1-2H3,(H-,28,37)/p+1/t14-,15+,21+,22+/m0/s1. The Hall–Kier alpha value is -4.44. The molecule has 4 heterocycles. The van der Waals surface area contributed by atoms with Gasteiger partial charge in [0.05, 0.1) is 27.9 Å². The van der Waals surface area contributed by atoms with Crippen LogP contribution in [0.15, 0.2) is 52.6 Å². The average Bonchev–Trinajstić information content (AvgIpc) is 3.59. The third-order valence-corrected chi connectivity index (χ3v) is 10.0. The van der Waals surface area contributed by atoms with Gasteiger partial charge in [0.15, 0.2) is 6.54 Å². The van der Waals surface area contributed by atoms with Crippen molar-refractivity contribution in [2.75, 3.05) is 12.3 Å². The van der Waals surface area contributed by atoms with Crippen LogP contribution in [0, 0.1) is 22.0 Å². The SMILES string of the molecule is C[C@@H](O)[C@H]1C(=O)N2C(C(=O)OCc3ccc([N+](=O)[O-])cc3)=C(c3cn4c[n+](CC(N)=O)c(SCCCN=[N+]=[N-])c4s3)[C@H](C)[C@H]12. The number of amides is 2. The second-order valence-electron chi connectivity index (χ2n) is 10.5. The van der Waals surface area contributed by atoms with Gasteiger partial charge in [-0.05, 0) is 36.6 Å². The zero-order valence-corrected chi connectivity index (χ0v) is 25.4. The van der Waals surface area contributed by atoms with Gasteiger partial charge in [0.1, 0.15) is 18.5 Å². The molecule has 3 aromatic rings. The molecule has 3 N–H and O–H groups in total. The Morgan fingerprint density at radius 3 is 2.73 bits per heavy atom. The van der Waals surface area contributed by atoms with Crippen LogP contribution in [0.1, 0.15) is 30.7 Å². The third kappa shape index (κ3) is 5.74. The second-order valence-corrected chi connectivity index (χ2v) is 12.6. The highest BCUT2D eigenvalue weighted by atomic mass is 32.2. The van der Waals surface area contributed by atoms with Gasteiger partial charge in [-0.25, -0.2) is 9.36 Å². The summed E-state index contributed by atoms with van der Waals surface area (Å²) in [6.07, 6.45) is 3.27. The van der Waals surface area contributed by atoms with E-state index in [9.17, 15) is 29.6 Å². The number of carbonyl (C=O) groups excluding carboxylic acids is 3. The molecule has 2 aliphatic heterocycles. The maximum absolute atomic E-state index is 13.6. The Morgan fingerprint density at radius 1 is 1.36 bits per heavy atom. The number of carbonyl (C=O) groups is 3. The molecular formula is C27H29N8O7S2+. The number of nitro benzene ring substituents is 1. The van der Waals surface area contributed by atoms with E-state index in [1.54, 1.807) is 17.8 Å². The molecular weight excluding hydrogens is 612 g/mol. The van der Waals surface area contributed by atoms with Crippen LogP contribution in [0.25, 0.3) is 20.8 Å². The molecule has 0 bridgehead atoms. The number of nitro groups is 1. The number of azide groups is 1. The van der Waals surface area contributed by atoms with Gasteiger partial charge in [0, 0.05) is 40.8 Å². The van der Waals surface area contributed by atoms with Gasteiger partial charge < -0.3 is 20.5 Å². The molecule has 0 unspecified atom stereocenters. The van der Waals surface area contributed by atoms with Gasteiger partial charge in [-0.3, -0.25) is 19.7 Å². The van der Waals surface area contributed by atoms with Crippen LogP contribution in [-0.2, 0) is 32.3 Å². The molecule has 2 aliphatic rings. The number of benzene rings is 1. The number of imidazole rings is 1. The highest BCUT2D eigenvalue weighted by Crippen LogP contribution is 2.52. The maximum Gasteiger partial charge on any atom is 0.355 e. The summed E-state index contributed by atoms with van der Waals surface area (Å²) >= 11 is 2.86. The van der Waals surface area contributed by atoms with E-state index in [1.807, 2.05) is 17.5 Å². The summed E-state index contributed by atoms with van der Waals surface area (Å²) in [5.74, 6) is -1.97. The van der Waals surface area contributed by atoms with E-state index in [-0.39, 0.29) is 36.4 Å². The van der Waals surface area contributed by atoms with Crippen molar-refractivity contribution < 1.29 is 33.7 Å². The summed E-state index contributed by atoms with van der Waals surface area (Å²) in [7, 11) is 0. The lowest BCUT2D eigenvalue weighted by Gasteiger charge is -2.46. The maximum atomic E-state index is 13.6. The predicted octanol–water partition coefficient (Wildman–Crippen LogP) is 2.79. The lowest BCUT2D eigenvalue weighted by Crippen LogP contribution is -2.63. The minimum absolute atomic E-state index is 0.0395. The van der Waals surface area contributed by atoms with Crippen molar-refractivity contribution in [3.63, 3.8) is 0 Å². The van der Waals surface area contributed by atoms with Gasteiger partial charge in [-0.2, -0.15) is 4.40 Å². The molecule has 1 aromatic carbocycles. The minimum atomic E-state index is -0.914. The number of nitrogens with two attached hydrogens (primary N) is 1. The molecule has 2 aromatic heterocycles. The number of nitrogens with zero attached hydrogens (tertiary/aromatic N) is 7. The topological polar surface area (TPSA) is 210 Å².